The Balaban J connectivity index is 1.98. The molecule has 18 heavy (non-hydrogen) atoms. The number of anilines is 1. The number of nitrogens with one attached hydrogen (secondary N) is 1. The highest BCUT2D eigenvalue weighted by Gasteiger charge is 2.31. The number of carbonyl (C=O) groups is 1. The third-order valence-corrected chi connectivity index (χ3v) is 3.48. The zero-order valence-electron chi connectivity index (χ0n) is 10.8. The first-order chi connectivity index (χ1) is 8.58. The summed E-state index contributed by atoms with van der Waals surface area (Å²) in [5, 5.41) is 3.02. The van der Waals surface area contributed by atoms with E-state index in [1.807, 2.05) is 38.1 Å². The van der Waals surface area contributed by atoms with Gasteiger partial charge in [0.05, 0.1) is 18.1 Å². The van der Waals surface area contributed by atoms with Gasteiger partial charge in [0, 0.05) is 12.3 Å². The molecule has 1 heterocycles. The molecule has 1 fully saturated rings. The zero-order valence-corrected chi connectivity index (χ0v) is 10.8. The fraction of sp³-hybridized carbons (Fsp3) is 0.500. The number of nitrogen functional groups attached to an aromatic ring is 1. The summed E-state index contributed by atoms with van der Waals surface area (Å²) in [5.41, 5.74) is 7.48. The standard InChI is InChI=1S/C14H20N2O2/c1-9(11-4-3-5-12(15)8-11)16-14(17)13-6-7-18-10(13)2/h3-5,8-10,13H,6-7,15H2,1-2H3,(H,16,17). The fourth-order valence-corrected chi connectivity index (χ4v) is 2.31. The van der Waals surface area contributed by atoms with E-state index in [1.54, 1.807) is 0 Å². The molecule has 1 aliphatic heterocycles. The van der Waals surface area contributed by atoms with Gasteiger partial charge in [0.15, 0.2) is 0 Å². The number of hydrogen-bond acceptors (Lipinski definition) is 3. The molecule has 3 unspecified atom stereocenters. The molecule has 0 spiro atoms. The van der Waals surface area contributed by atoms with Crippen molar-refractivity contribution in [3.05, 3.63) is 29.8 Å². The predicted octanol–water partition coefficient (Wildman–Crippen LogP) is 1.87. The number of benzene rings is 1. The summed E-state index contributed by atoms with van der Waals surface area (Å²) < 4.78 is 5.41. The summed E-state index contributed by atoms with van der Waals surface area (Å²) in [6.45, 7) is 4.58. The van der Waals surface area contributed by atoms with Crippen LogP contribution in [0.4, 0.5) is 5.69 Å². The van der Waals surface area contributed by atoms with Crippen molar-refractivity contribution in [3.8, 4) is 0 Å². The maximum absolute atomic E-state index is 12.1. The normalized spacial score (nSPS) is 24.8. The van der Waals surface area contributed by atoms with Gasteiger partial charge in [-0.15, -0.1) is 0 Å². The Labute approximate surface area is 108 Å². The maximum atomic E-state index is 12.1. The molecule has 0 radical (unpaired) electrons. The van der Waals surface area contributed by atoms with Gasteiger partial charge in [0.1, 0.15) is 0 Å². The average molecular weight is 248 g/mol. The van der Waals surface area contributed by atoms with Crippen molar-refractivity contribution in [2.24, 2.45) is 5.92 Å². The lowest BCUT2D eigenvalue weighted by Crippen LogP contribution is -2.35. The summed E-state index contributed by atoms with van der Waals surface area (Å²) in [7, 11) is 0. The first-order valence-electron chi connectivity index (χ1n) is 6.35. The molecule has 0 bridgehead atoms. The molecule has 2 rings (SSSR count). The van der Waals surface area contributed by atoms with Gasteiger partial charge in [-0.25, -0.2) is 0 Å². The minimum Gasteiger partial charge on any atom is -0.399 e. The summed E-state index contributed by atoms with van der Waals surface area (Å²) in [6, 6.07) is 7.56. The van der Waals surface area contributed by atoms with Gasteiger partial charge in [-0.1, -0.05) is 12.1 Å². The van der Waals surface area contributed by atoms with Crippen molar-refractivity contribution in [1.82, 2.24) is 5.32 Å². The van der Waals surface area contributed by atoms with Crippen molar-refractivity contribution in [3.63, 3.8) is 0 Å². The molecule has 3 atom stereocenters. The Morgan fingerprint density at radius 2 is 2.33 bits per heavy atom. The van der Waals surface area contributed by atoms with Crippen LogP contribution < -0.4 is 11.1 Å². The van der Waals surface area contributed by atoms with E-state index in [0.717, 1.165) is 12.0 Å². The van der Waals surface area contributed by atoms with Crippen molar-refractivity contribution in [2.45, 2.75) is 32.4 Å². The number of ether oxygens (including phenoxy) is 1. The highest BCUT2D eigenvalue weighted by molar-refractivity contribution is 5.80. The molecular formula is C14H20N2O2. The molecule has 4 nitrogen and oxygen atoms in total. The van der Waals surface area contributed by atoms with Crippen LogP contribution in [0.25, 0.3) is 0 Å². The number of amides is 1. The largest absolute Gasteiger partial charge is 0.399 e. The Bertz CT molecular complexity index is 434. The SMILES string of the molecule is CC(NC(=O)C1CCOC1C)c1cccc(N)c1. The molecule has 1 aromatic carbocycles. The van der Waals surface area contributed by atoms with Gasteiger partial charge in [-0.2, -0.15) is 0 Å². The molecular weight excluding hydrogens is 228 g/mol. The van der Waals surface area contributed by atoms with E-state index in [-0.39, 0.29) is 24.0 Å². The van der Waals surface area contributed by atoms with E-state index in [4.69, 9.17) is 10.5 Å². The van der Waals surface area contributed by atoms with Crippen molar-refractivity contribution in [1.29, 1.82) is 0 Å². The highest BCUT2D eigenvalue weighted by atomic mass is 16.5. The molecule has 3 N–H and O–H groups in total. The van der Waals surface area contributed by atoms with E-state index < -0.39 is 0 Å². The predicted molar refractivity (Wildman–Crippen MR) is 70.9 cm³/mol. The first kappa shape index (κ1) is 12.9. The van der Waals surface area contributed by atoms with Crippen LogP contribution in [-0.4, -0.2) is 18.6 Å². The second-order valence-electron chi connectivity index (χ2n) is 4.87. The molecule has 0 saturated carbocycles. The molecule has 1 saturated heterocycles. The Hall–Kier alpha value is -1.55. The van der Waals surface area contributed by atoms with E-state index >= 15 is 0 Å². The van der Waals surface area contributed by atoms with Crippen LogP contribution in [0.2, 0.25) is 0 Å². The Morgan fingerprint density at radius 1 is 1.56 bits per heavy atom. The molecule has 4 heteroatoms. The van der Waals surface area contributed by atoms with Gasteiger partial charge in [-0.05, 0) is 38.0 Å². The monoisotopic (exact) mass is 248 g/mol. The summed E-state index contributed by atoms with van der Waals surface area (Å²) >= 11 is 0. The van der Waals surface area contributed by atoms with E-state index in [0.29, 0.717) is 12.3 Å². The number of nitrogens with two attached hydrogens (primary N) is 1. The Morgan fingerprint density at radius 3 is 2.94 bits per heavy atom. The van der Waals surface area contributed by atoms with Crippen LogP contribution in [0.3, 0.4) is 0 Å². The van der Waals surface area contributed by atoms with Gasteiger partial charge in [0.2, 0.25) is 5.91 Å². The second-order valence-corrected chi connectivity index (χ2v) is 4.87. The minimum atomic E-state index is -0.0338. The van der Waals surface area contributed by atoms with Crippen molar-refractivity contribution >= 4 is 11.6 Å². The van der Waals surface area contributed by atoms with Crippen LogP contribution in [-0.2, 0) is 9.53 Å². The van der Waals surface area contributed by atoms with E-state index in [2.05, 4.69) is 5.32 Å². The third kappa shape index (κ3) is 2.82. The number of rotatable bonds is 3. The van der Waals surface area contributed by atoms with E-state index in [1.165, 1.54) is 0 Å². The van der Waals surface area contributed by atoms with Gasteiger partial charge < -0.3 is 15.8 Å². The highest BCUT2D eigenvalue weighted by Crippen LogP contribution is 2.22. The van der Waals surface area contributed by atoms with Crippen LogP contribution in [0.5, 0.6) is 0 Å². The van der Waals surface area contributed by atoms with Crippen molar-refractivity contribution in [2.75, 3.05) is 12.3 Å². The fourth-order valence-electron chi connectivity index (χ4n) is 2.31. The number of hydrogen-bond donors (Lipinski definition) is 2. The second kappa shape index (κ2) is 5.40. The van der Waals surface area contributed by atoms with Crippen LogP contribution in [0.15, 0.2) is 24.3 Å². The summed E-state index contributed by atoms with van der Waals surface area (Å²) in [6.07, 6.45) is 0.814. The zero-order chi connectivity index (χ0) is 13.1. The number of carbonyl (C=O) groups excluding carboxylic acids is 1. The van der Waals surface area contributed by atoms with Crippen LogP contribution in [0.1, 0.15) is 31.9 Å². The lowest BCUT2D eigenvalue weighted by Gasteiger charge is -2.19. The van der Waals surface area contributed by atoms with Gasteiger partial charge in [-0.3, -0.25) is 4.79 Å². The van der Waals surface area contributed by atoms with E-state index in [9.17, 15) is 4.79 Å². The smallest absolute Gasteiger partial charge is 0.226 e. The molecule has 1 aromatic rings. The lowest BCUT2D eigenvalue weighted by atomic mass is 10.0. The minimum absolute atomic E-state index is 0.0121. The molecule has 1 amide bonds. The maximum Gasteiger partial charge on any atom is 0.226 e. The average Bonchev–Trinajstić information content (AvgIpc) is 2.75. The third-order valence-electron chi connectivity index (χ3n) is 3.48. The van der Waals surface area contributed by atoms with Crippen molar-refractivity contribution < 1.29 is 9.53 Å². The quantitative estimate of drug-likeness (QED) is 0.803. The van der Waals surface area contributed by atoms with Gasteiger partial charge >= 0.3 is 0 Å². The lowest BCUT2D eigenvalue weighted by molar-refractivity contribution is -0.127. The molecule has 0 aliphatic carbocycles. The molecule has 0 aromatic heterocycles. The van der Waals surface area contributed by atoms with Crippen LogP contribution >= 0.6 is 0 Å². The summed E-state index contributed by atoms with van der Waals surface area (Å²) in [4.78, 5) is 12.1. The topological polar surface area (TPSA) is 64.3 Å². The van der Waals surface area contributed by atoms with Crippen LogP contribution in [0, 0.1) is 5.92 Å². The Kier molecular flexibility index (Phi) is 3.87. The molecule has 1 aliphatic rings. The van der Waals surface area contributed by atoms with Gasteiger partial charge in [0.25, 0.3) is 0 Å². The summed E-state index contributed by atoms with van der Waals surface area (Å²) in [5.74, 6) is 0.0310. The molecule has 98 valence electrons. The first-order valence-corrected chi connectivity index (χ1v) is 6.35.